The van der Waals surface area contributed by atoms with Crippen molar-refractivity contribution in [3.05, 3.63) is 63.6 Å². The number of hydrogen-bond acceptors (Lipinski definition) is 4. The van der Waals surface area contributed by atoms with Gasteiger partial charge in [0.2, 0.25) is 5.91 Å². The maximum Gasteiger partial charge on any atom is 0.322 e. The summed E-state index contributed by atoms with van der Waals surface area (Å²) in [7, 11) is 0. The number of nitrogens with one attached hydrogen (secondary N) is 2. The van der Waals surface area contributed by atoms with Crippen LogP contribution in [0.25, 0.3) is 0 Å². The van der Waals surface area contributed by atoms with E-state index < -0.39 is 17.5 Å². The monoisotopic (exact) mass is 521 g/mol. The van der Waals surface area contributed by atoms with Gasteiger partial charge in [0, 0.05) is 30.6 Å². The smallest absolute Gasteiger partial charge is 0.322 e. The highest BCUT2D eigenvalue weighted by Gasteiger charge is 2.25. The lowest BCUT2D eigenvalue weighted by Crippen LogP contribution is -2.43. The number of ether oxygens (including phenoxy) is 1. The summed E-state index contributed by atoms with van der Waals surface area (Å²) in [6.45, 7) is 11.2. The molecular formula is C26H33Cl2N3O4. The minimum atomic E-state index is -0.718. The minimum Gasteiger partial charge on any atom is -0.456 e. The predicted octanol–water partition coefficient (Wildman–Crippen LogP) is 6.20. The third-order valence-electron chi connectivity index (χ3n) is 5.21. The topological polar surface area (TPSA) is 87.7 Å². The molecule has 2 aromatic rings. The summed E-state index contributed by atoms with van der Waals surface area (Å²) >= 11 is 12.2. The molecule has 2 N–H and O–H groups in total. The second-order valence-electron chi connectivity index (χ2n) is 9.58. The van der Waals surface area contributed by atoms with Gasteiger partial charge in [0.25, 0.3) is 0 Å². The summed E-state index contributed by atoms with van der Waals surface area (Å²) in [6.07, 6.45) is -0.718. The first kappa shape index (κ1) is 28.5. The number of anilines is 1. The minimum absolute atomic E-state index is 0.0354. The van der Waals surface area contributed by atoms with Gasteiger partial charge in [-0.15, -0.1) is 0 Å². The number of nitrogens with zero attached hydrogens (tertiary/aromatic N) is 1. The van der Waals surface area contributed by atoms with Crippen molar-refractivity contribution in [3.8, 4) is 0 Å². The number of rotatable bonds is 8. The molecule has 35 heavy (non-hydrogen) atoms. The van der Waals surface area contributed by atoms with E-state index >= 15 is 0 Å². The van der Waals surface area contributed by atoms with Gasteiger partial charge in [0.15, 0.2) is 0 Å². The maximum absolute atomic E-state index is 13.1. The zero-order chi connectivity index (χ0) is 26.3. The molecule has 2 rings (SSSR count). The Bertz CT molecular complexity index is 1050. The molecule has 0 aliphatic rings. The lowest BCUT2D eigenvalue weighted by molar-refractivity contribution is -0.147. The van der Waals surface area contributed by atoms with Gasteiger partial charge in [0.05, 0.1) is 16.6 Å². The fourth-order valence-electron chi connectivity index (χ4n) is 3.18. The molecule has 0 aromatic heterocycles. The third kappa shape index (κ3) is 8.75. The summed E-state index contributed by atoms with van der Waals surface area (Å²) in [6, 6.07) is 11.7. The Labute approximate surface area is 217 Å². The lowest BCUT2D eigenvalue weighted by Gasteiger charge is -2.31. The highest BCUT2D eigenvalue weighted by atomic mass is 35.5. The largest absolute Gasteiger partial charge is 0.456 e. The highest BCUT2D eigenvalue weighted by Crippen LogP contribution is 2.28. The molecule has 0 aliphatic heterocycles. The molecule has 7 nitrogen and oxygen atoms in total. The average Bonchev–Trinajstić information content (AvgIpc) is 2.76. The summed E-state index contributed by atoms with van der Waals surface area (Å²) < 4.78 is 5.50. The molecule has 9 heteroatoms. The molecule has 0 saturated heterocycles. The van der Waals surface area contributed by atoms with Gasteiger partial charge in [0.1, 0.15) is 6.10 Å². The van der Waals surface area contributed by atoms with E-state index in [0.29, 0.717) is 27.8 Å². The van der Waals surface area contributed by atoms with Crippen LogP contribution < -0.4 is 10.6 Å². The fraction of sp³-hybridized carbons (Fsp3) is 0.423. The van der Waals surface area contributed by atoms with E-state index in [1.54, 1.807) is 35.2 Å². The van der Waals surface area contributed by atoms with Crippen LogP contribution >= 0.6 is 23.2 Å². The third-order valence-corrected chi connectivity index (χ3v) is 5.95. The fourth-order valence-corrected chi connectivity index (χ4v) is 3.49. The summed E-state index contributed by atoms with van der Waals surface area (Å²) in [4.78, 5) is 38.5. The molecule has 0 spiro atoms. The highest BCUT2D eigenvalue weighted by molar-refractivity contribution is 6.42. The molecule has 0 saturated carbocycles. The molecule has 0 heterocycles. The zero-order valence-electron chi connectivity index (χ0n) is 20.9. The SMILES string of the molecule is CC(=O)O[C@H](CN(C(=O)Nc1ccc(CNC(=O)C(C)(C)C)cc1)C(C)C)c1ccc(Cl)c(Cl)c1. The van der Waals surface area contributed by atoms with E-state index in [1.165, 1.54) is 6.92 Å². The number of hydrogen-bond donors (Lipinski definition) is 2. The van der Waals surface area contributed by atoms with Crippen LogP contribution in [-0.4, -0.2) is 35.4 Å². The van der Waals surface area contributed by atoms with Gasteiger partial charge in [-0.25, -0.2) is 4.79 Å². The van der Waals surface area contributed by atoms with E-state index in [4.69, 9.17) is 27.9 Å². The van der Waals surface area contributed by atoms with Crippen LogP contribution in [-0.2, 0) is 20.9 Å². The Hall–Kier alpha value is -2.77. The average molecular weight is 522 g/mol. The van der Waals surface area contributed by atoms with E-state index in [9.17, 15) is 14.4 Å². The Balaban J connectivity index is 2.11. The number of urea groups is 1. The van der Waals surface area contributed by atoms with E-state index in [1.807, 2.05) is 46.8 Å². The Morgan fingerprint density at radius 2 is 1.63 bits per heavy atom. The first-order valence-corrected chi connectivity index (χ1v) is 12.1. The van der Waals surface area contributed by atoms with Crippen LogP contribution in [0.3, 0.4) is 0 Å². The van der Waals surface area contributed by atoms with Crippen LogP contribution in [0.1, 0.15) is 58.8 Å². The van der Waals surface area contributed by atoms with Crippen molar-refractivity contribution < 1.29 is 19.1 Å². The lowest BCUT2D eigenvalue weighted by atomic mass is 9.95. The molecule has 0 fully saturated rings. The summed E-state index contributed by atoms with van der Waals surface area (Å²) in [5.74, 6) is -0.508. The Kier molecular flexibility index (Phi) is 9.98. The van der Waals surface area contributed by atoms with Gasteiger partial charge in [-0.1, -0.05) is 62.2 Å². The number of carbonyl (C=O) groups is 3. The van der Waals surface area contributed by atoms with Gasteiger partial charge in [-0.3, -0.25) is 9.59 Å². The van der Waals surface area contributed by atoms with Crippen molar-refractivity contribution in [2.75, 3.05) is 11.9 Å². The quantitative estimate of drug-likeness (QED) is 0.404. The number of benzene rings is 2. The Morgan fingerprint density at radius 3 is 2.14 bits per heavy atom. The summed E-state index contributed by atoms with van der Waals surface area (Å²) in [5, 5.41) is 6.50. The molecule has 190 valence electrons. The van der Waals surface area contributed by atoms with Gasteiger partial charge in [-0.2, -0.15) is 0 Å². The van der Waals surface area contributed by atoms with Crippen molar-refractivity contribution in [1.29, 1.82) is 0 Å². The molecule has 0 bridgehead atoms. The second kappa shape index (κ2) is 12.3. The van der Waals surface area contributed by atoms with Crippen molar-refractivity contribution in [2.45, 2.75) is 60.2 Å². The van der Waals surface area contributed by atoms with Crippen molar-refractivity contribution in [1.82, 2.24) is 10.2 Å². The zero-order valence-corrected chi connectivity index (χ0v) is 22.5. The van der Waals surface area contributed by atoms with Crippen LogP contribution in [0.15, 0.2) is 42.5 Å². The second-order valence-corrected chi connectivity index (χ2v) is 10.4. The molecular weight excluding hydrogens is 489 g/mol. The van der Waals surface area contributed by atoms with Gasteiger partial charge >= 0.3 is 12.0 Å². The molecule has 0 radical (unpaired) electrons. The summed E-state index contributed by atoms with van der Waals surface area (Å²) in [5.41, 5.74) is 1.69. The number of carbonyl (C=O) groups excluding carboxylic acids is 3. The van der Waals surface area contributed by atoms with Crippen LogP contribution in [0, 0.1) is 5.41 Å². The molecule has 2 aromatic carbocycles. The predicted molar refractivity (Wildman–Crippen MR) is 140 cm³/mol. The Morgan fingerprint density at radius 1 is 1.00 bits per heavy atom. The van der Waals surface area contributed by atoms with Crippen LogP contribution in [0.2, 0.25) is 10.0 Å². The van der Waals surface area contributed by atoms with Crippen molar-refractivity contribution in [2.24, 2.45) is 5.41 Å². The van der Waals surface area contributed by atoms with E-state index in [-0.39, 0.29) is 24.5 Å². The first-order chi connectivity index (χ1) is 16.3. The van der Waals surface area contributed by atoms with Crippen LogP contribution in [0.5, 0.6) is 0 Å². The number of halogens is 2. The van der Waals surface area contributed by atoms with Crippen LogP contribution in [0.4, 0.5) is 10.5 Å². The first-order valence-electron chi connectivity index (χ1n) is 11.3. The van der Waals surface area contributed by atoms with Crippen molar-refractivity contribution >= 4 is 46.8 Å². The van der Waals surface area contributed by atoms with E-state index in [0.717, 1.165) is 5.56 Å². The molecule has 0 aliphatic carbocycles. The van der Waals surface area contributed by atoms with E-state index in [2.05, 4.69) is 10.6 Å². The standard InChI is InChI=1S/C26H33Cl2N3O4/c1-16(2)31(15-23(35-17(3)32)19-9-12-21(27)22(28)13-19)25(34)30-20-10-7-18(8-11-20)14-29-24(33)26(4,5)6/h7-13,16,23H,14-15H2,1-6H3,(H,29,33)(H,30,34)/t23-/m1/s1. The maximum atomic E-state index is 13.1. The van der Waals surface area contributed by atoms with Crippen molar-refractivity contribution in [3.63, 3.8) is 0 Å². The molecule has 1 atom stereocenters. The molecule has 0 unspecified atom stereocenters. The van der Waals surface area contributed by atoms with Gasteiger partial charge < -0.3 is 20.3 Å². The van der Waals surface area contributed by atoms with Gasteiger partial charge in [-0.05, 0) is 49.2 Å². The number of amides is 3. The molecule has 3 amide bonds. The number of esters is 1. The normalized spacial score (nSPS) is 12.1.